The predicted molar refractivity (Wildman–Crippen MR) is 162 cm³/mol. The summed E-state index contributed by atoms with van der Waals surface area (Å²) in [7, 11) is 0. The lowest BCUT2D eigenvalue weighted by molar-refractivity contribution is -0.125. The lowest BCUT2D eigenvalue weighted by Crippen LogP contribution is -2.46. The largest absolute Gasteiger partial charge is 0.394 e. The van der Waals surface area contributed by atoms with Gasteiger partial charge in [0, 0.05) is 0 Å². The molecule has 5 heteroatoms. The Morgan fingerprint density at radius 2 is 1.08 bits per heavy atom. The number of amides is 1. The van der Waals surface area contributed by atoms with Crippen LogP contribution in [0.25, 0.3) is 0 Å². The van der Waals surface area contributed by atoms with E-state index in [9.17, 15) is 20.1 Å². The second-order valence-electron chi connectivity index (χ2n) is 11.4. The SMILES string of the molecule is CCCCCCCC/C=C\CCCC(O)CC(=O)NC(CO)C(O)CCCCCCCCCCCCCC. The van der Waals surface area contributed by atoms with E-state index in [0.717, 1.165) is 32.1 Å². The van der Waals surface area contributed by atoms with Crippen LogP contribution in [0.4, 0.5) is 0 Å². The van der Waals surface area contributed by atoms with Crippen LogP contribution in [0.15, 0.2) is 12.2 Å². The number of carbonyl (C=O) groups excluding carboxylic acids is 1. The number of unbranched alkanes of at least 4 members (excludes halogenated alkanes) is 18. The van der Waals surface area contributed by atoms with Crippen molar-refractivity contribution in [3.8, 4) is 0 Å². The van der Waals surface area contributed by atoms with Crippen molar-refractivity contribution in [1.29, 1.82) is 0 Å². The molecule has 0 radical (unpaired) electrons. The van der Waals surface area contributed by atoms with Gasteiger partial charge in [0.05, 0.1) is 31.3 Å². The predicted octanol–water partition coefficient (Wildman–Crippen LogP) is 8.14. The third kappa shape index (κ3) is 25.4. The van der Waals surface area contributed by atoms with Crippen LogP contribution in [-0.2, 0) is 4.79 Å². The van der Waals surface area contributed by atoms with Crippen LogP contribution in [0.2, 0.25) is 0 Å². The Kier molecular flexibility index (Phi) is 28.4. The summed E-state index contributed by atoms with van der Waals surface area (Å²) in [6.07, 6.45) is 30.1. The van der Waals surface area contributed by atoms with Gasteiger partial charge in [-0.05, 0) is 38.5 Å². The molecule has 0 heterocycles. The van der Waals surface area contributed by atoms with E-state index in [1.807, 2.05) is 0 Å². The zero-order valence-corrected chi connectivity index (χ0v) is 25.3. The minimum atomic E-state index is -0.749. The minimum Gasteiger partial charge on any atom is -0.394 e. The maximum absolute atomic E-state index is 12.3. The van der Waals surface area contributed by atoms with Gasteiger partial charge in [-0.1, -0.05) is 135 Å². The van der Waals surface area contributed by atoms with Crippen molar-refractivity contribution in [1.82, 2.24) is 5.32 Å². The highest BCUT2D eigenvalue weighted by atomic mass is 16.3. The summed E-state index contributed by atoms with van der Waals surface area (Å²) in [5.41, 5.74) is 0. The Morgan fingerprint density at radius 1 is 0.632 bits per heavy atom. The van der Waals surface area contributed by atoms with Crippen molar-refractivity contribution in [2.45, 2.75) is 186 Å². The molecule has 5 nitrogen and oxygen atoms in total. The molecule has 0 saturated heterocycles. The van der Waals surface area contributed by atoms with E-state index in [-0.39, 0.29) is 18.9 Å². The number of nitrogens with one attached hydrogen (secondary N) is 1. The van der Waals surface area contributed by atoms with Crippen LogP contribution >= 0.6 is 0 Å². The van der Waals surface area contributed by atoms with E-state index in [0.29, 0.717) is 12.8 Å². The molecule has 0 aromatic carbocycles. The van der Waals surface area contributed by atoms with Gasteiger partial charge in [0.15, 0.2) is 0 Å². The standard InChI is InChI=1S/C33H65NO4/c1-3-5-7-9-11-13-15-17-19-21-23-25-27-32(37)31(29-35)34-33(38)28-30(36)26-24-22-20-18-16-14-12-10-8-6-4-2/h18,20,30-32,35-37H,3-17,19,21-29H2,1-2H3,(H,34,38)/b20-18-. The van der Waals surface area contributed by atoms with Crippen molar-refractivity contribution < 1.29 is 20.1 Å². The quantitative estimate of drug-likeness (QED) is 0.0570. The normalized spacial score (nSPS) is 14.1. The summed E-state index contributed by atoms with van der Waals surface area (Å²) in [5.74, 6) is -0.302. The van der Waals surface area contributed by atoms with Crippen LogP contribution in [0, 0.1) is 0 Å². The number of hydrogen-bond acceptors (Lipinski definition) is 4. The van der Waals surface area contributed by atoms with Gasteiger partial charge in [-0.15, -0.1) is 0 Å². The van der Waals surface area contributed by atoms with E-state index < -0.39 is 18.2 Å². The average molecular weight is 540 g/mol. The van der Waals surface area contributed by atoms with Crippen molar-refractivity contribution in [2.24, 2.45) is 0 Å². The molecule has 38 heavy (non-hydrogen) atoms. The number of aliphatic hydroxyl groups is 3. The lowest BCUT2D eigenvalue weighted by atomic mass is 10.0. The van der Waals surface area contributed by atoms with Crippen LogP contribution < -0.4 is 5.32 Å². The van der Waals surface area contributed by atoms with Crippen molar-refractivity contribution in [3.63, 3.8) is 0 Å². The van der Waals surface area contributed by atoms with Gasteiger partial charge in [0.2, 0.25) is 5.91 Å². The van der Waals surface area contributed by atoms with E-state index in [4.69, 9.17) is 0 Å². The van der Waals surface area contributed by atoms with E-state index in [2.05, 4.69) is 31.3 Å². The highest BCUT2D eigenvalue weighted by Crippen LogP contribution is 2.14. The second-order valence-corrected chi connectivity index (χ2v) is 11.4. The highest BCUT2D eigenvalue weighted by Gasteiger charge is 2.21. The van der Waals surface area contributed by atoms with Gasteiger partial charge >= 0.3 is 0 Å². The van der Waals surface area contributed by atoms with Gasteiger partial charge in [-0.25, -0.2) is 0 Å². The fraction of sp³-hybridized carbons (Fsp3) is 0.909. The number of aliphatic hydroxyl groups excluding tert-OH is 3. The molecule has 0 rings (SSSR count). The number of carbonyl (C=O) groups is 1. The molecule has 0 spiro atoms. The molecule has 3 atom stereocenters. The monoisotopic (exact) mass is 539 g/mol. The van der Waals surface area contributed by atoms with Crippen LogP contribution in [-0.4, -0.2) is 46.1 Å². The first-order chi connectivity index (χ1) is 18.5. The Labute approximate surface area is 236 Å². The maximum Gasteiger partial charge on any atom is 0.222 e. The Hall–Kier alpha value is -0.910. The Bertz CT molecular complexity index is 525. The molecular weight excluding hydrogens is 474 g/mol. The molecule has 0 saturated carbocycles. The topological polar surface area (TPSA) is 89.8 Å². The zero-order chi connectivity index (χ0) is 28.1. The van der Waals surface area contributed by atoms with Crippen molar-refractivity contribution >= 4 is 5.91 Å². The Morgan fingerprint density at radius 3 is 1.58 bits per heavy atom. The fourth-order valence-electron chi connectivity index (χ4n) is 4.99. The molecule has 4 N–H and O–H groups in total. The van der Waals surface area contributed by atoms with Gasteiger partial charge in [-0.3, -0.25) is 4.79 Å². The van der Waals surface area contributed by atoms with Gasteiger partial charge in [0.1, 0.15) is 0 Å². The molecular formula is C33H65NO4. The molecule has 226 valence electrons. The summed E-state index contributed by atoms with van der Waals surface area (Å²) >= 11 is 0. The van der Waals surface area contributed by atoms with E-state index >= 15 is 0 Å². The second kappa shape index (κ2) is 29.1. The number of rotatable bonds is 29. The van der Waals surface area contributed by atoms with Crippen LogP contribution in [0.3, 0.4) is 0 Å². The molecule has 0 aliphatic heterocycles. The molecule has 0 aliphatic carbocycles. The molecule has 0 aliphatic rings. The molecule has 1 amide bonds. The maximum atomic E-state index is 12.3. The first-order valence-corrected chi connectivity index (χ1v) is 16.5. The molecule has 3 unspecified atom stereocenters. The minimum absolute atomic E-state index is 0.0172. The molecule has 0 aromatic heterocycles. The first-order valence-electron chi connectivity index (χ1n) is 16.5. The molecule has 0 bridgehead atoms. The van der Waals surface area contributed by atoms with Crippen molar-refractivity contribution in [2.75, 3.05) is 6.61 Å². The van der Waals surface area contributed by atoms with Gasteiger partial charge in [-0.2, -0.15) is 0 Å². The summed E-state index contributed by atoms with van der Waals surface area (Å²) in [4.78, 5) is 12.3. The van der Waals surface area contributed by atoms with Gasteiger partial charge < -0.3 is 20.6 Å². The third-order valence-corrected chi connectivity index (χ3v) is 7.58. The van der Waals surface area contributed by atoms with Crippen molar-refractivity contribution in [3.05, 3.63) is 12.2 Å². The van der Waals surface area contributed by atoms with E-state index in [1.165, 1.54) is 103 Å². The summed E-state index contributed by atoms with van der Waals surface area (Å²) in [6.45, 7) is 4.21. The summed E-state index contributed by atoms with van der Waals surface area (Å²) in [5, 5.41) is 33.0. The average Bonchev–Trinajstić information content (AvgIpc) is 2.90. The number of hydrogen-bond donors (Lipinski definition) is 4. The molecule has 0 fully saturated rings. The Balaban J connectivity index is 3.76. The lowest BCUT2D eigenvalue weighted by Gasteiger charge is -2.23. The summed E-state index contributed by atoms with van der Waals surface area (Å²) in [6, 6.07) is -0.660. The van der Waals surface area contributed by atoms with Gasteiger partial charge in [0.25, 0.3) is 0 Å². The number of allylic oxidation sites excluding steroid dienone is 2. The summed E-state index contributed by atoms with van der Waals surface area (Å²) < 4.78 is 0. The first kappa shape index (κ1) is 37.1. The fourth-order valence-corrected chi connectivity index (χ4v) is 4.99. The highest BCUT2D eigenvalue weighted by molar-refractivity contribution is 5.76. The third-order valence-electron chi connectivity index (χ3n) is 7.58. The smallest absolute Gasteiger partial charge is 0.222 e. The molecule has 0 aromatic rings. The zero-order valence-electron chi connectivity index (χ0n) is 25.3. The van der Waals surface area contributed by atoms with E-state index in [1.54, 1.807) is 0 Å². The van der Waals surface area contributed by atoms with Crippen LogP contribution in [0.5, 0.6) is 0 Å². The van der Waals surface area contributed by atoms with Crippen LogP contribution in [0.1, 0.15) is 168 Å².